The van der Waals surface area contributed by atoms with Crippen molar-refractivity contribution in [2.75, 3.05) is 18.1 Å². The second-order valence-electron chi connectivity index (χ2n) is 8.08. The van der Waals surface area contributed by atoms with Gasteiger partial charge in [-0.25, -0.2) is 0 Å². The average molecular weight is 384 g/mol. The third kappa shape index (κ3) is 4.38. The van der Waals surface area contributed by atoms with Crippen molar-refractivity contribution < 1.29 is 18.7 Å². The van der Waals surface area contributed by atoms with E-state index in [1.807, 2.05) is 18.2 Å². The number of furan rings is 1. The Balaban J connectivity index is 1.80. The van der Waals surface area contributed by atoms with Crippen molar-refractivity contribution >= 4 is 17.5 Å². The maximum atomic E-state index is 12.5. The molecule has 0 atom stereocenters. The van der Waals surface area contributed by atoms with Gasteiger partial charge in [-0.05, 0) is 41.7 Å². The Bertz CT molecular complexity index is 864. The molecule has 0 spiro atoms. The molecule has 3 rings (SSSR count). The van der Waals surface area contributed by atoms with E-state index in [1.54, 1.807) is 17.0 Å². The number of nitrogens with one attached hydrogen (secondary N) is 1. The van der Waals surface area contributed by atoms with Gasteiger partial charge in [-0.15, -0.1) is 0 Å². The zero-order valence-electron chi connectivity index (χ0n) is 17.0. The first-order chi connectivity index (χ1) is 13.3. The fraction of sp³-hybridized carbons (Fsp3) is 0.455. The minimum atomic E-state index is -0.233. The molecular formula is C22H28N2O4. The molecular weight excluding hydrogens is 356 g/mol. The zero-order valence-corrected chi connectivity index (χ0v) is 17.0. The standard InChI is InChI=1S/C22H28N2O4/c1-5-6-11-23-21(26)19-10-8-16(28-19)13-24-17-12-15(22(2,3)4)7-9-18(17)27-14-20(24)25/h7-10,12H,5-6,11,13-14H2,1-4H3,(H,23,26). The van der Waals surface area contributed by atoms with Crippen LogP contribution in [-0.2, 0) is 16.8 Å². The monoisotopic (exact) mass is 384 g/mol. The number of fused-ring (bicyclic) bond motifs is 1. The molecule has 0 aliphatic carbocycles. The van der Waals surface area contributed by atoms with E-state index in [9.17, 15) is 9.59 Å². The summed E-state index contributed by atoms with van der Waals surface area (Å²) in [6, 6.07) is 9.31. The van der Waals surface area contributed by atoms with Crippen LogP contribution in [0.5, 0.6) is 5.75 Å². The van der Waals surface area contributed by atoms with Crippen LogP contribution in [-0.4, -0.2) is 25.0 Å². The summed E-state index contributed by atoms with van der Waals surface area (Å²) >= 11 is 0. The smallest absolute Gasteiger partial charge is 0.286 e. The highest BCUT2D eigenvalue weighted by molar-refractivity contribution is 5.98. The third-order valence-electron chi connectivity index (χ3n) is 4.78. The van der Waals surface area contributed by atoms with E-state index in [-0.39, 0.29) is 36.1 Å². The molecule has 6 nitrogen and oxygen atoms in total. The van der Waals surface area contributed by atoms with Gasteiger partial charge in [-0.3, -0.25) is 14.5 Å². The number of anilines is 1. The van der Waals surface area contributed by atoms with Crippen molar-refractivity contribution in [3.63, 3.8) is 0 Å². The number of hydrogen-bond donors (Lipinski definition) is 1. The predicted molar refractivity (Wildman–Crippen MR) is 108 cm³/mol. The number of ether oxygens (including phenoxy) is 1. The maximum Gasteiger partial charge on any atom is 0.286 e. The van der Waals surface area contributed by atoms with Crippen LogP contribution in [0.1, 0.15) is 62.4 Å². The van der Waals surface area contributed by atoms with Gasteiger partial charge in [0.1, 0.15) is 11.5 Å². The number of amides is 2. The van der Waals surface area contributed by atoms with Gasteiger partial charge >= 0.3 is 0 Å². The molecule has 1 aromatic heterocycles. The SMILES string of the molecule is CCCCNC(=O)c1ccc(CN2C(=O)COc3ccc(C(C)(C)C)cc32)o1. The summed E-state index contributed by atoms with van der Waals surface area (Å²) < 4.78 is 11.3. The van der Waals surface area contributed by atoms with E-state index in [0.29, 0.717) is 18.1 Å². The van der Waals surface area contributed by atoms with Gasteiger partial charge < -0.3 is 14.5 Å². The van der Waals surface area contributed by atoms with Crippen molar-refractivity contribution in [3.8, 4) is 5.75 Å². The summed E-state index contributed by atoms with van der Waals surface area (Å²) in [6.45, 7) is 9.31. The molecule has 2 aromatic rings. The van der Waals surface area contributed by atoms with E-state index in [0.717, 1.165) is 24.1 Å². The van der Waals surface area contributed by atoms with Crippen molar-refractivity contribution in [1.82, 2.24) is 5.32 Å². The molecule has 1 aliphatic rings. The van der Waals surface area contributed by atoms with Crippen molar-refractivity contribution in [2.45, 2.75) is 52.5 Å². The second kappa shape index (κ2) is 8.09. The lowest BCUT2D eigenvalue weighted by molar-refractivity contribution is -0.121. The van der Waals surface area contributed by atoms with Gasteiger partial charge in [0.15, 0.2) is 12.4 Å². The number of hydrogen-bond acceptors (Lipinski definition) is 4. The van der Waals surface area contributed by atoms with Crippen LogP contribution in [0, 0.1) is 0 Å². The lowest BCUT2D eigenvalue weighted by Gasteiger charge is -2.30. The van der Waals surface area contributed by atoms with Crippen LogP contribution in [0.4, 0.5) is 5.69 Å². The first kappa shape index (κ1) is 20.0. The first-order valence-corrected chi connectivity index (χ1v) is 9.74. The molecule has 1 aliphatic heterocycles. The summed E-state index contributed by atoms with van der Waals surface area (Å²) in [7, 11) is 0. The summed E-state index contributed by atoms with van der Waals surface area (Å²) in [5.74, 6) is 1.13. The average Bonchev–Trinajstić information content (AvgIpc) is 3.12. The molecule has 1 N–H and O–H groups in total. The van der Waals surface area contributed by atoms with Crippen LogP contribution in [0.15, 0.2) is 34.7 Å². The molecule has 0 fully saturated rings. The number of carbonyl (C=O) groups excluding carboxylic acids is 2. The minimum Gasteiger partial charge on any atom is -0.482 e. The highest BCUT2D eigenvalue weighted by atomic mass is 16.5. The van der Waals surface area contributed by atoms with Crippen LogP contribution in [0.25, 0.3) is 0 Å². The van der Waals surface area contributed by atoms with Gasteiger partial charge in [0.05, 0.1) is 12.2 Å². The Kier molecular flexibility index (Phi) is 5.77. The second-order valence-corrected chi connectivity index (χ2v) is 8.08. The Morgan fingerprint density at radius 2 is 2.00 bits per heavy atom. The lowest BCUT2D eigenvalue weighted by atomic mass is 9.86. The normalized spacial score (nSPS) is 13.9. The number of nitrogens with zero attached hydrogens (tertiary/aromatic N) is 1. The molecule has 6 heteroatoms. The molecule has 0 radical (unpaired) electrons. The van der Waals surface area contributed by atoms with E-state index >= 15 is 0 Å². The van der Waals surface area contributed by atoms with Crippen LogP contribution in [0.3, 0.4) is 0 Å². The van der Waals surface area contributed by atoms with Gasteiger partial charge in [0, 0.05) is 6.54 Å². The van der Waals surface area contributed by atoms with E-state index < -0.39 is 0 Å². The number of rotatable bonds is 6. The highest BCUT2D eigenvalue weighted by Gasteiger charge is 2.28. The Morgan fingerprint density at radius 1 is 1.21 bits per heavy atom. The number of benzene rings is 1. The first-order valence-electron chi connectivity index (χ1n) is 9.74. The molecule has 2 heterocycles. The van der Waals surface area contributed by atoms with E-state index in [2.05, 4.69) is 33.0 Å². The van der Waals surface area contributed by atoms with Crippen LogP contribution >= 0.6 is 0 Å². The van der Waals surface area contributed by atoms with Crippen molar-refractivity contribution in [1.29, 1.82) is 0 Å². The Labute approximate surface area is 165 Å². The Hall–Kier alpha value is -2.76. The lowest BCUT2D eigenvalue weighted by Crippen LogP contribution is -2.38. The minimum absolute atomic E-state index is 0.00701. The predicted octanol–water partition coefficient (Wildman–Crippen LogP) is 4.03. The number of carbonyl (C=O) groups is 2. The van der Waals surface area contributed by atoms with Crippen LogP contribution in [0.2, 0.25) is 0 Å². The Morgan fingerprint density at radius 3 is 2.71 bits per heavy atom. The maximum absolute atomic E-state index is 12.5. The molecule has 28 heavy (non-hydrogen) atoms. The van der Waals surface area contributed by atoms with Gasteiger partial charge in [0.2, 0.25) is 0 Å². The zero-order chi connectivity index (χ0) is 20.3. The summed E-state index contributed by atoms with van der Waals surface area (Å²) in [5, 5.41) is 2.83. The molecule has 0 unspecified atom stereocenters. The fourth-order valence-electron chi connectivity index (χ4n) is 3.05. The quantitative estimate of drug-likeness (QED) is 0.763. The number of unbranched alkanes of at least 4 members (excludes halogenated alkanes) is 1. The molecule has 2 amide bonds. The van der Waals surface area contributed by atoms with Crippen LogP contribution < -0.4 is 15.0 Å². The topological polar surface area (TPSA) is 71.8 Å². The molecule has 0 saturated carbocycles. The van der Waals surface area contributed by atoms with Crippen molar-refractivity contribution in [2.24, 2.45) is 0 Å². The molecule has 0 bridgehead atoms. The summed E-state index contributed by atoms with van der Waals surface area (Å²) in [4.78, 5) is 26.3. The van der Waals surface area contributed by atoms with Gasteiger partial charge in [-0.1, -0.05) is 40.2 Å². The van der Waals surface area contributed by atoms with Gasteiger partial charge in [-0.2, -0.15) is 0 Å². The molecule has 1 aromatic carbocycles. The van der Waals surface area contributed by atoms with E-state index in [1.165, 1.54) is 0 Å². The molecule has 0 saturated heterocycles. The third-order valence-corrected chi connectivity index (χ3v) is 4.78. The summed E-state index contributed by atoms with van der Waals surface area (Å²) in [5.41, 5.74) is 1.80. The van der Waals surface area contributed by atoms with E-state index in [4.69, 9.17) is 9.15 Å². The fourth-order valence-corrected chi connectivity index (χ4v) is 3.05. The largest absolute Gasteiger partial charge is 0.482 e. The van der Waals surface area contributed by atoms with Gasteiger partial charge in [0.25, 0.3) is 11.8 Å². The van der Waals surface area contributed by atoms with Crippen molar-refractivity contribution in [3.05, 3.63) is 47.4 Å². The highest BCUT2D eigenvalue weighted by Crippen LogP contribution is 2.37. The molecule has 150 valence electrons. The summed E-state index contributed by atoms with van der Waals surface area (Å²) in [6.07, 6.45) is 1.94.